The number of nitrogens with zero attached hydrogens (tertiary/aromatic N) is 3. The lowest BCUT2D eigenvalue weighted by atomic mass is 9.97. The minimum Gasteiger partial charge on any atom is -0.357 e. The molecule has 1 saturated heterocycles. The number of pyridine rings is 1. The first-order valence-electron chi connectivity index (χ1n) is 10.4. The Morgan fingerprint density at radius 1 is 1.25 bits per heavy atom. The van der Waals surface area contributed by atoms with Gasteiger partial charge in [-0.05, 0) is 69.3 Å². The molecule has 5 nitrogen and oxygen atoms in total. The van der Waals surface area contributed by atoms with Crippen molar-refractivity contribution >= 4 is 17.3 Å². The monoisotopic (exact) mass is 399 g/mol. The standard InChI is InChI=1S/C22H33N5S/c1-4-23-22(24-15-19-8-5-7-18(3)26-19)25-16-20(21-9-6-14-28-21)27-12-10-17(2)11-13-27/h5-9,14,17,20H,4,10-13,15-16H2,1-3H3,(H2,23,24,25). The first kappa shape index (κ1) is 20.8. The number of aliphatic imine (C=N–C) groups is 1. The van der Waals surface area contributed by atoms with Crippen molar-refractivity contribution in [3.63, 3.8) is 0 Å². The summed E-state index contributed by atoms with van der Waals surface area (Å²) in [5.41, 5.74) is 2.03. The average Bonchev–Trinajstić information content (AvgIpc) is 3.22. The molecule has 1 fully saturated rings. The van der Waals surface area contributed by atoms with Gasteiger partial charge in [-0.2, -0.15) is 0 Å². The molecule has 2 aromatic rings. The number of thiophene rings is 1. The van der Waals surface area contributed by atoms with Crippen LogP contribution in [0.15, 0.2) is 40.7 Å². The van der Waals surface area contributed by atoms with Gasteiger partial charge in [-0.3, -0.25) is 9.88 Å². The predicted octanol–water partition coefficient (Wildman–Crippen LogP) is 3.98. The minimum atomic E-state index is 0.397. The molecule has 2 aromatic heterocycles. The molecule has 3 rings (SSSR count). The van der Waals surface area contributed by atoms with E-state index in [1.54, 1.807) is 0 Å². The van der Waals surface area contributed by atoms with Gasteiger partial charge in [0.25, 0.3) is 0 Å². The van der Waals surface area contributed by atoms with Crippen LogP contribution in [0, 0.1) is 12.8 Å². The van der Waals surface area contributed by atoms with Gasteiger partial charge in [-0.25, -0.2) is 4.99 Å². The third-order valence-electron chi connectivity index (χ3n) is 5.28. The van der Waals surface area contributed by atoms with Gasteiger partial charge in [-0.1, -0.05) is 19.1 Å². The lowest BCUT2D eigenvalue weighted by molar-refractivity contribution is 0.140. The second-order valence-corrected chi connectivity index (χ2v) is 8.58. The molecule has 0 aliphatic carbocycles. The van der Waals surface area contributed by atoms with Gasteiger partial charge >= 0.3 is 0 Å². The largest absolute Gasteiger partial charge is 0.357 e. The smallest absolute Gasteiger partial charge is 0.191 e. The summed E-state index contributed by atoms with van der Waals surface area (Å²) < 4.78 is 0. The molecule has 1 atom stereocenters. The second kappa shape index (κ2) is 10.6. The SMILES string of the molecule is CCNC(=NCc1cccc(C)n1)NCC(c1cccs1)N1CCC(C)CC1. The quantitative estimate of drug-likeness (QED) is 0.546. The molecule has 1 aliphatic rings. The van der Waals surface area contributed by atoms with E-state index in [1.807, 2.05) is 36.5 Å². The van der Waals surface area contributed by atoms with E-state index in [0.717, 1.165) is 36.4 Å². The lowest BCUT2D eigenvalue weighted by Crippen LogP contribution is -2.45. The highest BCUT2D eigenvalue weighted by Gasteiger charge is 2.25. The van der Waals surface area contributed by atoms with E-state index in [1.165, 1.54) is 30.8 Å². The van der Waals surface area contributed by atoms with Crippen molar-refractivity contribution in [2.75, 3.05) is 26.2 Å². The van der Waals surface area contributed by atoms with Crippen molar-refractivity contribution in [1.82, 2.24) is 20.5 Å². The minimum absolute atomic E-state index is 0.397. The van der Waals surface area contributed by atoms with E-state index >= 15 is 0 Å². The second-order valence-electron chi connectivity index (χ2n) is 7.60. The summed E-state index contributed by atoms with van der Waals surface area (Å²) in [4.78, 5) is 13.4. The number of aromatic nitrogens is 1. The molecule has 3 heterocycles. The number of piperidine rings is 1. The Bertz CT molecular complexity index is 735. The van der Waals surface area contributed by atoms with Gasteiger partial charge in [0.2, 0.25) is 0 Å². The Hall–Kier alpha value is -1.92. The van der Waals surface area contributed by atoms with Gasteiger partial charge < -0.3 is 10.6 Å². The third kappa shape index (κ3) is 6.04. The highest BCUT2D eigenvalue weighted by molar-refractivity contribution is 7.10. The van der Waals surface area contributed by atoms with Crippen LogP contribution in [0.4, 0.5) is 0 Å². The Balaban J connectivity index is 1.65. The van der Waals surface area contributed by atoms with Gasteiger partial charge in [0.05, 0.1) is 18.3 Å². The first-order valence-corrected chi connectivity index (χ1v) is 11.3. The molecule has 152 valence electrons. The van der Waals surface area contributed by atoms with E-state index < -0.39 is 0 Å². The molecule has 0 radical (unpaired) electrons. The fraction of sp³-hybridized carbons (Fsp3) is 0.545. The summed E-state index contributed by atoms with van der Waals surface area (Å²) in [6, 6.07) is 10.9. The molecular weight excluding hydrogens is 366 g/mol. The Kier molecular flexibility index (Phi) is 7.86. The van der Waals surface area contributed by atoms with Crippen molar-refractivity contribution in [3.8, 4) is 0 Å². The average molecular weight is 400 g/mol. The molecule has 0 amide bonds. The van der Waals surface area contributed by atoms with Crippen LogP contribution in [0.2, 0.25) is 0 Å². The molecule has 6 heteroatoms. The first-order chi connectivity index (χ1) is 13.7. The van der Waals surface area contributed by atoms with Crippen LogP contribution in [-0.2, 0) is 6.54 Å². The van der Waals surface area contributed by atoms with Crippen LogP contribution in [0.25, 0.3) is 0 Å². The number of nitrogens with one attached hydrogen (secondary N) is 2. The Morgan fingerprint density at radius 3 is 2.75 bits per heavy atom. The molecule has 0 aromatic carbocycles. The Labute approximate surface area is 173 Å². The maximum atomic E-state index is 4.75. The summed E-state index contributed by atoms with van der Waals surface area (Å²) in [7, 11) is 0. The van der Waals surface area contributed by atoms with E-state index in [9.17, 15) is 0 Å². The number of hydrogen-bond acceptors (Lipinski definition) is 4. The Morgan fingerprint density at radius 2 is 2.07 bits per heavy atom. The van der Waals surface area contributed by atoms with E-state index in [2.05, 4.69) is 51.9 Å². The van der Waals surface area contributed by atoms with Crippen molar-refractivity contribution in [2.45, 2.75) is 46.2 Å². The molecule has 2 N–H and O–H groups in total. The molecule has 0 saturated carbocycles. The van der Waals surface area contributed by atoms with Crippen LogP contribution in [0.5, 0.6) is 0 Å². The van der Waals surface area contributed by atoms with Gasteiger partial charge in [0.1, 0.15) is 0 Å². The molecule has 28 heavy (non-hydrogen) atoms. The zero-order chi connectivity index (χ0) is 19.8. The molecule has 1 aliphatic heterocycles. The number of likely N-dealkylation sites (tertiary alicyclic amines) is 1. The maximum absolute atomic E-state index is 4.75. The van der Waals surface area contributed by atoms with E-state index in [4.69, 9.17) is 4.99 Å². The van der Waals surface area contributed by atoms with Crippen molar-refractivity contribution in [3.05, 3.63) is 52.0 Å². The fourth-order valence-electron chi connectivity index (χ4n) is 3.61. The van der Waals surface area contributed by atoms with Crippen molar-refractivity contribution in [2.24, 2.45) is 10.9 Å². The number of guanidine groups is 1. The number of rotatable bonds is 7. The lowest BCUT2D eigenvalue weighted by Gasteiger charge is -2.36. The predicted molar refractivity (Wildman–Crippen MR) is 119 cm³/mol. The highest BCUT2D eigenvalue weighted by atomic mass is 32.1. The summed E-state index contributed by atoms with van der Waals surface area (Å²) >= 11 is 1.85. The van der Waals surface area contributed by atoms with Crippen LogP contribution >= 0.6 is 11.3 Å². The van der Waals surface area contributed by atoms with Crippen LogP contribution in [-0.4, -0.2) is 42.0 Å². The molecular formula is C22H33N5S. The maximum Gasteiger partial charge on any atom is 0.191 e. The summed E-state index contributed by atoms with van der Waals surface area (Å²) in [5.74, 6) is 1.70. The van der Waals surface area contributed by atoms with E-state index in [-0.39, 0.29) is 0 Å². The molecule has 1 unspecified atom stereocenters. The van der Waals surface area contributed by atoms with E-state index in [0.29, 0.717) is 12.6 Å². The summed E-state index contributed by atoms with van der Waals surface area (Å²) in [6.45, 7) is 11.1. The van der Waals surface area contributed by atoms with Gasteiger partial charge in [0.15, 0.2) is 5.96 Å². The van der Waals surface area contributed by atoms with Crippen LogP contribution in [0.3, 0.4) is 0 Å². The number of hydrogen-bond donors (Lipinski definition) is 2. The zero-order valence-corrected chi connectivity index (χ0v) is 18.1. The van der Waals surface area contributed by atoms with Crippen LogP contribution in [0.1, 0.15) is 49.0 Å². The fourth-order valence-corrected chi connectivity index (χ4v) is 4.47. The molecule has 0 spiro atoms. The number of aryl methyl sites for hydroxylation is 1. The third-order valence-corrected chi connectivity index (χ3v) is 6.26. The summed E-state index contributed by atoms with van der Waals surface area (Å²) in [5, 5.41) is 9.13. The topological polar surface area (TPSA) is 52.6 Å². The highest BCUT2D eigenvalue weighted by Crippen LogP contribution is 2.29. The van der Waals surface area contributed by atoms with Crippen LogP contribution < -0.4 is 10.6 Å². The van der Waals surface area contributed by atoms with Gasteiger partial charge in [-0.15, -0.1) is 11.3 Å². The summed E-state index contributed by atoms with van der Waals surface area (Å²) in [6.07, 6.45) is 2.57. The zero-order valence-electron chi connectivity index (χ0n) is 17.3. The molecule has 0 bridgehead atoms. The van der Waals surface area contributed by atoms with Crippen molar-refractivity contribution < 1.29 is 0 Å². The normalized spacial score (nSPS) is 17.5. The van der Waals surface area contributed by atoms with Gasteiger partial charge in [0, 0.05) is 23.7 Å². The van der Waals surface area contributed by atoms with Crippen molar-refractivity contribution in [1.29, 1.82) is 0 Å².